The maximum atomic E-state index is 11.7. The molecule has 0 bridgehead atoms. The minimum Gasteiger partial charge on any atom is -0.326 e. The van der Waals surface area contributed by atoms with Gasteiger partial charge in [-0.15, -0.1) is 11.3 Å². The Kier molecular flexibility index (Phi) is 4.05. The maximum Gasteiger partial charge on any atom is 0.153 e. The smallest absolute Gasteiger partial charge is 0.153 e. The van der Waals surface area contributed by atoms with Gasteiger partial charge in [-0.25, -0.2) is 8.42 Å². The molecular weight excluding hydrogens is 304 g/mol. The molecule has 0 radical (unpaired) electrons. The fourth-order valence-electron chi connectivity index (χ4n) is 2.96. The number of hydrogen-bond acceptors (Lipinski definition) is 5. The van der Waals surface area contributed by atoms with Crippen molar-refractivity contribution in [2.75, 3.05) is 18.1 Å². The van der Waals surface area contributed by atoms with Gasteiger partial charge in [-0.05, 0) is 23.9 Å². The highest BCUT2D eigenvalue weighted by molar-refractivity contribution is 7.91. The van der Waals surface area contributed by atoms with Crippen molar-refractivity contribution < 1.29 is 8.42 Å². The number of hydrogen-bond donors (Lipinski definition) is 1. The van der Waals surface area contributed by atoms with Crippen LogP contribution in [0.25, 0.3) is 10.1 Å². The molecule has 1 aliphatic rings. The molecule has 0 amide bonds. The molecule has 0 spiro atoms. The highest BCUT2D eigenvalue weighted by atomic mass is 32.2. The van der Waals surface area contributed by atoms with E-state index in [0.29, 0.717) is 13.1 Å². The van der Waals surface area contributed by atoms with Crippen molar-refractivity contribution in [3.05, 3.63) is 34.7 Å². The number of nitrogens with two attached hydrogens (primary N) is 1. The molecule has 2 N–H and O–H groups in total. The number of benzene rings is 1. The van der Waals surface area contributed by atoms with E-state index in [0.717, 1.165) is 6.54 Å². The van der Waals surface area contributed by atoms with Crippen molar-refractivity contribution in [3.8, 4) is 0 Å². The standard InChI is InChI=1S/C15H20N2O2S2/c1-11-10-21(18,19)7-6-17(11)9-13-12-4-2-3-5-14(12)20-15(13)8-16/h2-5,11H,6-10,16H2,1H3. The number of nitrogens with zero attached hydrogens (tertiary/aromatic N) is 1. The largest absolute Gasteiger partial charge is 0.326 e. The van der Waals surface area contributed by atoms with Crippen molar-refractivity contribution in [2.24, 2.45) is 5.73 Å². The molecule has 2 aromatic rings. The van der Waals surface area contributed by atoms with Crippen LogP contribution in [-0.4, -0.2) is 37.4 Å². The molecule has 1 saturated heterocycles. The lowest BCUT2D eigenvalue weighted by Gasteiger charge is -2.33. The monoisotopic (exact) mass is 324 g/mol. The van der Waals surface area contributed by atoms with Crippen molar-refractivity contribution >= 4 is 31.3 Å². The van der Waals surface area contributed by atoms with E-state index in [1.54, 1.807) is 11.3 Å². The van der Waals surface area contributed by atoms with Crippen LogP contribution < -0.4 is 5.73 Å². The Balaban J connectivity index is 1.91. The summed E-state index contributed by atoms with van der Waals surface area (Å²) in [6.07, 6.45) is 0. The maximum absolute atomic E-state index is 11.7. The predicted octanol–water partition coefficient (Wildman–Crippen LogP) is 1.98. The van der Waals surface area contributed by atoms with E-state index in [1.807, 2.05) is 19.1 Å². The van der Waals surface area contributed by atoms with Crippen LogP contribution in [0, 0.1) is 0 Å². The van der Waals surface area contributed by atoms with E-state index < -0.39 is 9.84 Å². The summed E-state index contributed by atoms with van der Waals surface area (Å²) in [5.41, 5.74) is 7.16. The van der Waals surface area contributed by atoms with E-state index in [4.69, 9.17) is 5.73 Å². The van der Waals surface area contributed by atoms with Crippen LogP contribution in [0.1, 0.15) is 17.4 Å². The van der Waals surface area contributed by atoms with Crippen molar-refractivity contribution in [2.45, 2.75) is 26.1 Å². The molecule has 4 nitrogen and oxygen atoms in total. The average molecular weight is 324 g/mol. The van der Waals surface area contributed by atoms with E-state index in [1.165, 1.54) is 20.5 Å². The van der Waals surface area contributed by atoms with Crippen LogP contribution in [-0.2, 0) is 22.9 Å². The molecule has 1 aliphatic heterocycles. The molecular formula is C15H20N2O2S2. The average Bonchev–Trinajstić information content (AvgIpc) is 2.79. The number of thiophene rings is 1. The first-order valence-electron chi connectivity index (χ1n) is 7.14. The Morgan fingerprint density at radius 1 is 1.38 bits per heavy atom. The van der Waals surface area contributed by atoms with Gasteiger partial charge in [0.15, 0.2) is 9.84 Å². The van der Waals surface area contributed by atoms with Crippen LogP contribution in [0.2, 0.25) is 0 Å². The lowest BCUT2D eigenvalue weighted by Crippen LogP contribution is -2.46. The quantitative estimate of drug-likeness (QED) is 0.938. The second kappa shape index (κ2) is 5.68. The zero-order valence-corrected chi connectivity index (χ0v) is 13.7. The van der Waals surface area contributed by atoms with Crippen LogP contribution >= 0.6 is 11.3 Å². The molecule has 6 heteroatoms. The highest BCUT2D eigenvalue weighted by Crippen LogP contribution is 2.32. The summed E-state index contributed by atoms with van der Waals surface area (Å²) >= 11 is 1.74. The minimum absolute atomic E-state index is 0.0630. The van der Waals surface area contributed by atoms with E-state index >= 15 is 0 Å². The van der Waals surface area contributed by atoms with E-state index in [-0.39, 0.29) is 17.5 Å². The molecule has 0 aliphatic carbocycles. The van der Waals surface area contributed by atoms with Gasteiger partial charge < -0.3 is 5.73 Å². The molecule has 1 fully saturated rings. The van der Waals surface area contributed by atoms with Gasteiger partial charge in [0.25, 0.3) is 0 Å². The fraction of sp³-hybridized carbons (Fsp3) is 0.467. The third kappa shape index (κ3) is 2.99. The summed E-state index contributed by atoms with van der Waals surface area (Å²) in [6, 6.07) is 8.40. The van der Waals surface area contributed by atoms with Gasteiger partial charge in [-0.2, -0.15) is 0 Å². The molecule has 0 saturated carbocycles. The summed E-state index contributed by atoms with van der Waals surface area (Å²) in [7, 11) is -2.87. The number of fused-ring (bicyclic) bond motifs is 1. The molecule has 1 atom stereocenters. The first kappa shape index (κ1) is 15.0. The molecule has 114 valence electrons. The van der Waals surface area contributed by atoms with Crippen LogP contribution in [0.3, 0.4) is 0 Å². The number of sulfone groups is 1. The Morgan fingerprint density at radius 2 is 2.14 bits per heavy atom. The van der Waals surface area contributed by atoms with Gasteiger partial charge in [0.1, 0.15) is 0 Å². The summed E-state index contributed by atoms with van der Waals surface area (Å²) in [6.45, 7) is 3.92. The van der Waals surface area contributed by atoms with Crippen molar-refractivity contribution in [1.82, 2.24) is 4.90 Å². The fourth-order valence-corrected chi connectivity index (χ4v) is 5.68. The predicted molar refractivity (Wildman–Crippen MR) is 88.2 cm³/mol. The molecule has 1 aromatic heterocycles. The Morgan fingerprint density at radius 3 is 2.86 bits per heavy atom. The third-order valence-corrected chi connectivity index (χ3v) is 7.17. The van der Waals surface area contributed by atoms with Crippen LogP contribution in [0.4, 0.5) is 0 Å². The minimum atomic E-state index is -2.87. The summed E-state index contributed by atoms with van der Waals surface area (Å²) < 4.78 is 24.7. The summed E-state index contributed by atoms with van der Waals surface area (Å²) in [5.74, 6) is 0.518. The molecule has 21 heavy (non-hydrogen) atoms. The Labute approximate surface area is 129 Å². The lowest BCUT2D eigenvalue weighted by atomic mass is 10.1. The van der Waals surface area contributed by atoms with Crippen molar-refractivity contribution in [1.29, 1.82) is 0 Å². The molecule has 1 unspecified atom stereocenters. The van der Waals surface area contributed by atoms with Gasteiger partial charge in [0, 0.05) is 35.3 Å². The van der Waals surface area contributed by atoms with Crippen LogP contribution in [0.15, 0.2) is 24.3 Å². The topological polar surface area (TPSA) is 63.4 Å². The Hall–Kier alpha value is -0.950. The van der Waals surface area contributed by atoms with Crippen molar-refractivity contribution in [3.63, 3.8) is 0 Å². The first-order valence-corrected chi connectivity index (χ1v) is 9.78. The van der Waals surface area contributed by atoms with E-state index in [2.05, 4.69) is 17.0 Å². The lowest BCUT2D eigenvalue weighted by molar-refractivity contribution is 0.218. The van der Waals surface area contributed by atoms with Gasteiger partial charge in [0.2, 0.25) is 0 Å². The van der Waals surface area contributed by atoms with Gasteiger partial charge in [-0.1, -0.05) is 18.2 Å². The highest BCUT2D eigenvalue weighted by Gasteiger charge is 2.29. The summed E-state index contributed by atoms with van der Waals surface area (Å²) in [4.78, 5) is 3.46. The van der Waals surface area contributed by atoms with Gasteiger partial charge in [0.05, 0.1) is 11.5 Å². The molecule has 2 heterocycles. The zero-order valence-electron chi connectivity index (χ0n) is 12.1. The van der Waals surface area contributed by atoms with Gasteiger partial charge in [-0.3, -0.25) is 4.90 Å². The molecule has 3 rings (SSSR count). The van der Waals surface area contributed by atoms with E-state index in [9.17, 15) is 8.42 Å². The first-order chi connectivity index (χ1) is 10.00. The second-order valence-electron chi connectivity index (χ2n) is 5.64. The third-order valence-electron chi connectivity index (χ3n) is 4.14. The Bertz CT molecular complexity index is 752. The second-order valence-corrected chi connectivity index (χ2v) is 9.00. The van der Waals surface area contributed by atoms with Gasteiger partial charge >= 0.3 is 0 Å². The SMILES string of the molecule is CC1CS(=O)(=O)CCN1Cc1c(CN)sc2ccccc12. The normalized spacial score (nSPS) is 22.7. The zero-order chi connectivity index (χ0) is 15.0. The van der Waals surface area contributed by atoms with Crippen LogP contribution in [0.5, 0.6) is 0 Å². The number of rotatable bonds is 3. The molecule has 1 aromatic carbocycles. The summed E-state index contributed by atoms with van der Waals surface area (Å²) in [5, 5.41) is 1.25.